The fourth-order valence-corrected chi connectivity index (χ4v) is 1.46. The van der Waals surface area contributed by atoms with Crippen molar-refractivity contribution in [2.75, 3.05) is 5.75 Å². The Balaban J connectivity index is 4.76. The van der Waals surface area contributed by atoms with Gasteiger partial charge in [0.2, 0.25) is 0 Å². The Morgan fingerprint density at radius 3 is 2.36 bits per heavy atom. The van der Waals surface area contributed by atoms with E-state index >= 15 is 0 Å². The molecule has 0 fully saturated rings. The summed E-state index contributed by atoms with van der Waals surface area (Å²) in [5, 5.41) is 18.5. The third-order valence-corrected chi connectivity index (χ3v) is 2.44. The molecule has 2 atom stereocenters. The fraction of sp³-hybridized carbons (Fsp3) is 0.571. The Hall–Kier alpha value is -0.760. The molecule has 0 aromatic rings. The molecule has 14 heavy (non-hydrogen) atoms. The Labute approximate surface area is 81.6 Å². The van der Waals surface area contributed by atoms with Crippen molar-refractivity contribution in [3.8, 4) is 0 Å². The number of carbonyl (C=O) groups is 1. The highest BCUT2D eigenvalue weighted by molar-refractivity contribution is 7.85. The predicted octanol–water partition coefficient (Wildman–Crippen LogP) is -1.26. The van der Waals surface area contributed by atoms with Crippen molar-refractivity contribution in [1.82, 2.24) is 0 Å². The summed E-state index contributed by atoms with van der Waals surface area (Å²) >= 11 is 0. The van der Waals surface area contributed by atoms with E-state index in [2.05, 4.69) is 6.58 Å². The van der Waals surface area contributed by atoms with Gasteiger partial charge in [-0.15, -0.1) is 0 Å². The minimum atomic E-state index is -4.44. The van der Waals surface area contributed by atoms with Crippen molar-refractivity contribution >= 4 is 15.9 Å². The van der Waals surface area contributed by atoms with Gasteiger partial charge in [0.05, 0.1) is 0 Å². The van der Waals surface area contributed by atoms with E-state index in [0.29, 0.717) is 0 Å². The van der Waals surface area contributed by atoms with Crippen molar-refractivity contribution < 1.29 is 28.0 Å². The molecule has 82 valence electrons. The van der Waals surface area contributed by atoms with Crippen LogP contribution in [0, 0.1) is 0 Å². The number of ketones is 1. The molecule has 0 amide bonds. The Morgan fingerprint density at radius 2 is 2.07 bits per heavy atom. The zero-order valence-electron chi connectivity index (χ0n) is 7.54. The highest BCUT2D eigenvalue weighted by Crippen LogP contribution is 2.13. The first-order valence-electron chi connectivity index (χ1n) is 3.63. The maximum absolute atomic E-state index is 11.0. The molecule has 0 bridgehead atoms. The van der Waals surface area contributed by atoms with E-state index in [1.54, 1.807) is 0 Å². The van der Waals surface area contributed by atoms with E-state index in [1.165, 1.54) is 0 Å². The van der Waals surface area contributed by atoms with Crippen LogP contribution in [0.3, 0.4) is 0 Å². The summed E-state index contributed by atoms with van der Waals surface area (Å²) in [7, 11) is -4.44. The van der Waals surface area contributed by atoms with Gasteiger partial charge in [0.1, 0.15) is 11.9 Å². The van der Waals surface area contributed by atoms with Crippen LogP contribution in [0.4, 0.5) is 0 Å². The molecule has 0 aromatic carbocycles. The molecular weight excluding hydrogens is 212 g/mol. The van der Waals surface area contributed by atoms with Gasteiger partial charge in [0.15, 0.2) is 11.4 Å². The first-order chi connectivity index (χ1) is 6.11. The van der Waals surface area contributed by atoms with Crippen LogP contribution in [0.25, 0.3) is 0 Å². The number of aliphatic hydroxyl groups is 2. The standard InChI is InChI=1S/C7H12O6S/c1-3-5(8)7(2,10)6(9)4-14(11,12)13/h3,6,9-10H,1,4H2,2H3,(H,11,12,13). The van der Waals surface area contributed by atoms with Gasteiger partial charge >= 0.3 is 0 Å². The average Bonchev–Trinajstić information content (AvgIpc) is 1.99. The number of hydrogen-bond acceptors (Lipinski definition) is 5. The summed E-state index contributed by atoms with van der Waals surface area (Å²) in [6.07, 6.45) is -1.14. The van der Waals surface area contributed by atoms with Gasteiger partial charge in [-0.05, 0) is 13.0 Å². The summed E-state index contributed by atoms with van der Waals surface area (Å²) in [5.41, 5.74) is -2.27. The molecule has 6 nitrogen and oxygen atoms in total. The summed E-state index contributed by atoms with van der Waals surface area (Å²) in [4.78, 5) is 11.0. The molecule has 3 N–H and O–H groups in total. The van der Waals surface area contributed by atoms with E-state index in [-0.39, 0.29) is 0 Å². The highest BCUT2D eigenvalue weighted by atomic mass is 32.2. The highest BCUT2D eigenvalue weighted by Gasteiger charge is 2.38. The fourth-order valence-electron chi connectivity index (χ4n) is 0.733. The van der Waals surface area contributed by atoms with Crippen LogP contribution < -0.4 is 0 Å². The van der Waals surface area contributed by atoms with E-state index in [4.69, 9.17) is 9.66 Å². The minimum Gasteiger partial charge on any atom is -0.388 e. The molecule has 0 saturated heterocycles. The Kier molecular flexibility index (Phi) is 3.95. The lowest BCUT2D eigenvalue weighted by atomic mass is 9.95. The summed E-state index contributed by atoms with van der Waals surface area (Å²) in [6.45, 7) is 4.01. The molecule has 0 aliphatic rings. The van der Waals surface area contributed by atoms with Crippen molar-refractivity contribution in [2.45, 2.75) is 18.6 Å². The predicted molar refractivity (Wildman–Crippen MR) is 48.3 cm³/mol. The largest absolute Gasteiger partial charge is 0.388 e. The van der Waals surface area contributed by atoms with Gasteiger partial charge in [-0.2, -0.15) is 8.42 Å². The van der Waals surface area contributed by atoms with Crippen LogP contribution >= 0.6 is 0 Å². The SMILES string of the molecule is C=CC(=O)C(C)(O)C(O)CS(=O)(=O)O. The van der Waals surface area contributed by atoms with Gasteiger partial charge in [0.25, 0.3) is 10.1 Å². The molecule has 0 aromatic heterocycles. The second kappa shape index (κ2) is 4.18. The Bertz CT molecular complexity index is 328. The van der Waals surface area contributed by atoms with Crippen LogP contribution in [0.15, 0.2) is 12.7 Å². The van der Waals surface area contributed by atoms with Crippen LogP contribution in [0.2, 0.25) is 0 Å². The average molecular weight is 224 g/mol. The maximum Gasteiger partial charge on any atom is 0.267 e. The van der Waals surface area contributed by atoms with Crippen molar-refractivity contribution in [1.29, 1.82) is 0 Å². The molecular formula is C7H12O6S. The van der Waals surface area contributed by atoms with Crippen LogP contribution in [-0.4, -0.2) is 46.4 Å². The van der Waals surface area contributed by atoms with Crippen LogP contribution in [0.5, 0.6) is 0 Å². The topological polar surface area (TPSA) is 112 Å². The molecule has 0 spiro atoms. The van der Waals surface area contributed by atoms with Gasteiger partial charge in [-0.3, -0.25) is 9.35 Å². The first kappa shape index (κ1) is 13.2. The molecule has 0 heterocycles. The van der Waals surface area contributed by atoms with E-state index in [1.807, 2.05) is 0 Å². The minimum absolute atomic E-state index is 0.757. The molecule has 0 radical (unpaired) electrons. The number of rotatable bonds is 5. The third-order valence-electron chi connectivity index (χ3n) is 1.70. The lowest BCUT2D eigenvalue weighted by Gasteiger charge is -2.25. The number of aliphatic hydroxyl groups excluding tert-OH is 1. The van der Waals surface area contributed by atoms with Crippen molar-refractivity contribution in [3.63, 3.8) is 0 Å². The number of carbonyl (C=O) groups excluding carboxylic acids is 1. The smallest absolute Gasteiger partial charge is 0.267 e. The van der Waals surface area contributed by atoms with Crippen molar-refractivity contribution in [2.24, 2.45) is 0 Å². The molecule has 0 rings (SSSR count). The van der Waals surface area contributed by atoms with Gasteiger partial charge in [-0.1, -0.05) is 6.58 Å². The first-order valence-corrected chi connectivity index (χ1v) is 5.24. The maximum atomic E-state index is 11.0. The lowest BCUT2D eigenvalue weighted by molar-refractivity contribution is -0.140. The van der Waals surface area contributed by atoms with Crippen molar-refractivity contribution in [3.05, 3.63) is 12.7 Å². The van der Waals surface area contributed by atoms with E-state index in [0.717, 1.165) is 13.0 Å². The zero-order valence-corrected chi connectivity index (χ0v) is 8.36. The van der Waals surface area contributed by atoms with Gasteiger partial charge in [-0.25, -0.2) is 0 Å². The molecule has 0 saturated carbocycles. The third kappa shape index (κ3) is 3.54. The normalized spacial score (nSPS) is 18.3. The second-order valence-corrected chi connectivity index (χ2v) is 4.48. The lowest BCUT2D eigenvalue weighted by Crippen LogP contribution is -2.49. The van der Waals surface area contributed by atoms with E-state index < -0.39 is 33.4 Å². The molecule has 2 unspecified atom stereocenters. The zero-order chi connectivity index (χ0) is 11.6. The van der Waals surface area contributed by atoms with Gasteiger partial charge in [0, 0.05) is 0 Å². The Morgan fingerprint density at radius 1 is 1.64 bits per heavy atom. The summed E-state index contributed by atoms with van der Waals surface area (Å²) in [6, 6.07) is 0. The van der Waals surface area contributed by atoms with Gasteiger partial charge < -0.3 is 10.2 Å². The molecule has 0 aliphatic carbocycles. The van der Waals surface area contributed by atoms with Crippen LogP contribution in [-0.2, 0) is 14.9 Å². The van der Waals surface area contributed by atoms with Crippen LogP contribution in [0.1, 0.15) is 6.92 Å². The monoisotopic (exact) mass is 224 g/mol. The number of hydrogen-bond donors (Lipinski definition) is 3. The van der Waals surface area contributed by atoms with E-state index in [9.17, 15) is 18.3 Å². The molecule has 0 aliphatic heterocycles. The second-order valence-electron chi connectivity index (χ2n) is 2.98. The quantitative estimate of drug-likeness (QED) is 0.397. The summed E-state index contributed by atoms with van der Waals surface area (Å²) < 4.78 is 29.1. The molecule has 7 heteroatoms. The summed E-state index contributed by atoms with van der Waals surface area (Å²) in [5.74, 6) is -2.03.